The maximum absolute atomic E-state index is 12.3. The Morgan fingerprint density at radius 1 is 1.00 bits per heavy atom. The molecule has 0 unspecified atom stereocenters. The Kier molecular flexibility index (Phi) is 6.72. The van der Waals surface area contributed by atoms with Gasteiger partial charge in [0.15, 0.2) is 17.6 Å². The number of carbonyl (C=O) groups excluding carboxylic acids is 2. The lowest BCUT2D eigenvalue weighted by atomic mass is 10.1. The molecule has 0 radical (unpaired) electrons. The van der Waals surface area contributed by atoms with Crippen molar-refractivity contribution in [2.24, 2.45) is 0 Å². The highest BCUT2D eigenvalue weighted by molar-refractivity contribution is 5.94. The Balaban J connectivity index is 1.48. The van der Waals surface area contributed by atoms with E-state index in [4.69, 9.17) is 14.3 Å². The van der Waals surface area contributed by atoms with Gasteiger partial charge in [0.25, 0.3) is 5.91 Å². The van der Waals surface area contributed by atoms with Crippen LogP contribution < -0.4 is 20.3 Å². The average molecular weight is 398 g/mol. The van der Waals surface area contributed by atoms with E-state index in [0.717, 1.165) is 30.5 Å². The molecule has 2 aromatic carbocycles. The molecule has 0 saturated heterocycles. The largest absolute Gasteiger partial charge is 0.493 e. The minimum atomic E-state index is -0.836. The van der Waals surface area contributed by atoms with E-state index in [1.54, 1.807) is 32.2 Å². The summed E-state index contributed by atoms with van der Waals surface area (Å²) in [4.78, 5) is 29.7. The van der Waals surface area contributed by atoms with Crippen LogP contribution in [-0.4, -0.2) is 32.1 Å². The fourth-order valence-corrected chi connectivity index (χ4v) is 3.31. The summed E-state index contributed by atoms with van der Waals surface area (Å²) in [6.07, 6.45) is 2.53. The van der Waals surface area contributed by atoms with Gasteiger partial charge in [0.1, 0.15) is 0 Å². The molecule has 0 spiro atoms. The quantitative estimate of drug-likeness (QED) is 0.668. The van der Waals surface area contributed by atoms with Crippen molar-refractivity contribution >= 4 is 17.5 Å². The number of anilines is 1. The minimum Gasteiger partial charge on any atom is -0.493 e. The molecule has 0 saturated carbocycles. The van der Waals surface area contributed by atoms with Gasteiger partial charge in [-0.25, -0.2) is 5.48 Å². The van der Waals surface area contributed by atoms with Crippen molar-refractivity contribution < 1.29 is 23.9 Å². The van der Waals surface area contributed by atoms with E-state index in [2.05, 4.69) is 10.8 Å². The first kappa shape index (κ1) is 20.7. The topological polar surface area (TPSA) is 85.9 Å². The van der Waals surface area contributed by atoms with Crippen molar-refractivity contribution in [1.82, 2.24) is 5.48 Å². The van der Waals surface area contributed by atoms with Gasteiger partial charge in [-0.1, -0.05) is 12.1 Å². The van der Waals surface area contributed by atoms with Crippen LogP contribution in [0, 0.1) is 0 Å². The van der Waals surface area contributed by atoms with Gasteiger partial charge in [-0.05, 0) is 67.1 Å². The third-order valence-electron chi connectivity index (χ3n) is 4.90. The standard InChI is InChI=1S/C22H26N2O5/c1-14(22(26)23-18-9-8-16-5-4-6-17(16)13-18)29-24-21(25)12-15-7-10-19(27-2)20(11-15)28-3/h7-11,13-14H,4-6,12H2,1-3H3,(H,23,26)(H,24,25)/t14-/m0/s1. The summed E-state index contributed by atoms with van der Waals surface area (Å²) >= 11 is 0. The van der Waals surface area contributed by atoms with Crippen LogP contribution in [0.25, 0.3) is 0 Å². The summed E-state index contributed by atoms with van der Waals surface area (Å²) in [6, 6.07) is 11.2. The molecule has 0 aromatic heterocycles. The van der Waals surface area contributed by atoms with Gasteiger partial charge in [-0.3, -0.25) is 14.4 Å². The Labute approximate surface area is 170 Å². The molecule has 1 aliphatic carbocycles. The van der Waals surface area contributed by atoms with E-state index in [1.165, 1.54) is 18.2 Å². The molecule has 7 heteroatoms. The molecule has 0 heterocycles. The number of ether oxygens (including phenoxy) is 2. The SMILES string of the molecule is COc1ccc(CC(=O)NO[C@@H](C)C(=O)Nc2ccc3c(c2)CCC3)cc1OC. The van der Waals surface area contributed by atoms with Gasteiger partial charge >= 0.3 is 0 Å². The Morgan fingerprint density at radius 2 is 1.76 bits per heavy atom. The Hall–Kier alpha value is -3.06. The second kappa shape index (κ2) is 9.43. The zero-order chi connectivity index (χ0) is 20.8. The lowest BCUT2D eigenvalue weighted by Crippen LogP contribution is -2.36. The predicted molar refractivity (Wildman–Crippen MR) is 109 cm³/mol. The van der Waals surface area contributed by atoms with Crippen molar-refractivity contribution in [2.75, 3.05) is 19.5 Å². The predicted octanol–water partition coefficient (Wildman–Crippen LogP) is 2.81. The number of methoxy groups -OCH3 is 2. The maximum Gasteiger partial charge on any atom is 0.255 e. The number of nitrogens with one attached hydrogen (secondary N) is 2. The van der Waals surface area contributed by atoms with E-state index in [1.807, 2.05) is 18.2 Å². The Morgan fingerprint density at radius 3 is 2.52 bits per heavy atom. The zero-order valence-electron chi connectivity index (χ0n) is 16.9. The van der Waals surface area contributed by atoms with E-state index in [9.17, 15) is 9.59 Å². The van der Waals surface area contributed by atoms with Crippen LogP contribution in [0.5, 0.6) is 11.5 Å². The Bertz CT molecular complexity index is 897. The highest BCUT2D eigenvalue weighted by Gasteiger charge is 2.17. The summed E-state index contributed by atoms with van der Waals surface area (Å²) in [5.41, 5.74) is 6.43. The first-order valence-electron chi connectivity index (χ1n) is 9.58. The number of rotatable bonds is 8. The molecular formula is C22H26N2O5. The smallest absolute Gasteiger partial charge is 0.255 e. The minimum absolute atomic E-state index is 0.0829. The number of hydrogen-bond acceptors (Lipinski definition) is 5. The van der Waals surface area contributed by atoms with Crippen molar-refractivity contribution in [3.8, 4) is 11.5 Å². The molecular weight excluding hydrogens is 372 g/mol. The number of hydrogen-bond donors (Lipinski definition) is 2. The fourth-order valence-electron chi connectivity index (χ4n) is 3.31. The van der Waals surface area contributed by atoms with Crippen molar-refractivity contribution in [1.29, 1.82) is 0 Å². The molecule has 2 aromatic rings. The van der Waals surface area contributed by atoms with Crippen LogP contribution in [0.15, 0.2) is 36.4 Å². The molecule has 0 bridgehead atoms. The summed E-state index contributed by atoms with van der Waals surface area (Å²) < 4.78 is 10.4. The van der Waals surface area contributed by atoms with Crippen LogP contribution in [0.4, 0.5) is 5.69 Å². The van der Waals surface area contributed by atoms with Crippen molar-refractivity contribution in [3.05, 3.63) is 53.1 Å². The molecule has 154 valence electrons. The molecule has 1 aliphatic rings. The molecule has 2 N–H and O–H groups in total. The number of carbonyl (C=O) groups is 2. The molecule has 3 rings (SSSR count). The first-order chi connectivity index (χ1) is 14.0. The number of aryl methyl sites for hydroxylation is 2. The molecule has 0 aliphatic heterocycles. The van der Waals surface area contributed by atoms with Gasteiger partial charge in [-0.2, -0.15) is 0 Å². The van der Waals surface area contributed by atoms with E-state index >= 15 is 0 Å². The highest BCUT2D eigenvalue weighted by Crippen LogP contribution is 2.27. The van der Waals surface area contributed by atoms with Crippen LogP contribution in [0.1, 0.15) is 30.0 Å². The molecule has 2 amide bonds. The number of amides is 2. The van der Waals surface area contributed by atoms with Gasteiger partial charge < -0.3 is 14.8 Å². The van der Waals surface area contributed by atoms with Gasteiger partial charge in [0.05, 0.1) is 20.6 Å². The third kappa shape index (κ3) is 5.26. The maximum atomic E-state index is 12.3. The monoisotopic (exact) mass is 398 g/mol. The van der Waals surface area contributed by atoms with E-state index < -0.39 is 6.10 Å². The van der Waals surface area contributed by atoms with Crippen molar-refractivity contribution in [3.63, 3.8) is 0 Å². The van der Waals surface area contributed by atoms with Gasteiger partial charge in [-0.15, -0.1) is 0 Å². The van der Waals surface area contributed by atoms with E-state index in [0.29, 0.717) is 11.5 Å². The zero-order valence-corrected chi connectivity index (χ0v) is 16.9. The number of benzene rings is 2. The molecule has 7 nitrogen and oxygen atoms in total. The van der Waals surface area contributed by atoms with Crippen LogP contribution >= 0.6 is 0 Å². The lowest BCUT2D eigenvalue weighted by molar-refractivity contribution is -0.143. The van der Waals surface area contributed by atoms with Gasteiger partial charge in [0.2, 0.25) is 5.91 Å². The second-order valence-electron chi connectivity index (χ2n) is 6.98. The van der Waals surface area contributed by atoms with Gasteiger partial charge in [0, 0.05) is 5.69 Å². The number of fused-ring (bicyclic) bond motifs is 1. The highest BCUT2D eigenvalue weighted by atomic mass is 16.7. The van der Waals surface area contributed by atoms with Crippen molar-refractivity contribution in [2.45, 2.75) is 38.7 Å². The summed E-state index contributed by atoms with van der Waals surface area (Å²) in [5, 5.41) is 2.83. The first-order valence-corrected chi connectivity index (χ1v) is 9.58. The van der Waals surface area contributed by atoms with E-state index in [-0.39, 0.29) is 18.2 Å². The average Bonchev–Trinajstić information content (AvgIpc) is 3.19. The third-order valence-corrected chi connectivity index (χ3v) is 4.90. The van der Waals surface area contributed by atoms with Crippen LogP contribution in [-0.2, 0) is 33.7 Å². The second-order valence-corrected chi connectivity index (χ2v) is 6.98. The normalized spacial score (nSPS) is 13.3. The molecule has 29 heavy (non-hydrogen) atoms. The molecule has 1 atom stereocenters. The van der Waals surface area contributed by atoms with Crippen LogP contribution in [0.3, 0.4) is 0 Å². The summed E-state index contributed by atoms with van der Waals surface area (Å²) in [7, 11) is 3.08. The lowest BCUT2D eigenvalue weighted by Gasteiger charge is -2.14. The van der Waals surface area contributed by atoms with Crippen LogP contribution in [0.2, 0.25) is 0 Å². The molecule has 0 fully saturated rings. The summed E-state index contributed by atoms with van der Waals surface area (Å²) in [6.45, 7) is 1.58. The number of hydroxylamine groups is 1. The fraction of sp³-hybridized carbons (Fsp3) is 0.364. The summed E-state index contributed by atoms with van der Waals surface area (Å²) in [5.74, 6) is 0.439.